The number of nitrogens with zero attached hydrogens (tertiary/aromatic N) is 4. The fraction of sp³-hybridized carbons (Fsp3) is 0.105. The molecule has 2 N–H and O–H groups in total. The fourth-order valence-corrected chi connectivity index (χ4v) is 3.51. The van der Waals surface area contributed by atoms with Crippen molar-refractivity contribution < 1.29 is 4.79 Å². The molecular weight excluding hydrogens is 360 g/mol. The van der Waals surface area contributed by atoms with E-state index < -0.39 is 0 Å². The Hall–Kier alpha value is -3.26. The Labute approximate surface area is 159 Å². The van der Waals surface area contributed by atoms with Gasteiger partial charge in [0.1, 0.15) is 11.4 Å². The highest BCUT2D eigenvalue weighted by Crippen LogP contribution is 2.26. The highest BCUT2D eigenvalue weighted by Gasteiger charge is 2.09. The molecule has 0 radical (unpaired) electrons. The first kappa shape index (κ1) is 17.2. The molecule has 27 heavy (non-hydrogen) atoms. The van der Waals surface area contributed by atoms with Gasteiger partial charge >= 0.3 is 0 Å². The summed E-state index contributed by atoms with van der Waals surface area (Å²) in [6.07, 6.45) is 6.67. The van der Waals surface area contributed by atoms with Crippen molar-refractivity contribution in [2.75, 3.05) is 0 Å². The van der Waals surface area contributed by atoms with E-state index in [-0.39, 0.29) is 5.91 Å². The zero-order chi connectivity index (χ0) is 18.5. The number of carbonyl (C=O) groups is 1. The van der Waals surface area contributed by atoms with Crippen molar-refractivity contribution in [2.45, 2.75) is 17.3 Å². The second kappa shape index (κ2) is 7.96. The van der Waals surface area contributed by atoms with Gasteiger partial charge < -0.3 is 5.32 Å². The number of thioether (sulfide) groups is 1. The standard InChI is InChI=1S/C19H16N6OS/c26-18(21-9-13-4-6-20-7-5-13)15-3-1-2-14(8-15)11-27-19-16-10-24-25-17(16)22-12-23-19/h1-8,10,12H,9,11H2,(H,21,26)(H,22,23,24,25). The molecule has 0 spiro atoms. The number of hydrogen-bond donors (Lipinski definition) is 2. The van der Waals surface area contributed by atoms with Crippen LogP contribution in [0.1, 0.15) is 21.5 Å². The van der Waals surface area contributed by atoms with Crippen molar-refractivity contribution in [2.24, 2.45) is 0 Å². The third-order valence-electron chi connectivity index (χ3n) is 3.98. The lowest BCUT2D eigenvalue weighted by Gasteiger charge is -2.07. The molecule has 8 heteroatoms. The van der Waals surface area contributed by atoms with E-state index in [4.69, 9.17) is 0 Å². The zero-order valence-corrected chi connectivity index (χ0v) is 15.1. The molecule has 0 unspecified atom stereocenters. The molecule has 0 fully saturated rings. The predicted molar refractivity (Wildman–Crippen MR) is 103 cm³/mol. The maximum Gasteiger partial charge on any atom is 0.251 e. The van der Waals surface area contributed by atoms with E-state index in [9.17, 15) is 4.79 Å². The van der Waals surface area contributed by atoms with E-state index >= 15 is 0 Å². The van der Waals surface area contributed by atoms with Crippen LogP contribution in [0.5, 0.6) is 0 Å². The van der Waals surface area contributed by atoms with Crippen LogP contribution in [0.4, 0.5) is 0 Å². The Morgan fingerprint density at radius 2 is 2.00 bits per heavy atom. The zero-order valence-electron chi connectivity index (χ0n) is 14.3. The molecule has 0 bridgehead atoms. The average molecular weight is 376 g/mol. The Bertz CT molecular complexity index is 1070. The molecule has 1 amide bonds. The van der Waals surface area contributed by atoms with Crippen molar-refractivity contribution in [3.63, 3.8) is 0 Å². The normalized spacial score (nSPS) is 10.8. The summed E-state index contributed by atoms with van der Waals surface area (Å²) in [6, 6.07) is 11.4. The van der Waals surface area contributed by atoms with Gasteiger partial charge in [0.25, 0.3) is 5.91 Å². The van der Waals surface area contributed by atoms with Gasteiger partial charge in [-0.15, -0.1) is 11.8 Å². The number of fused-ring (bicyclic) bond motifs is 1. The summed E-state index contributed by atoms with van der Waals surface area (Å²) in [5, 5.41) is 11.5. The number of aromatic amines is 1. The van der Waals surface area contributed by atoms with Crippen LogP contribution in [0.3, 0.4) is 0 Å². The molecule has 7 nitrogen and oxygen atoms in total. The van der Waals surface area contributed by atoms with Gasteiger partial charge in [0.05, 0.1) is 11.6 Å². The van der Waals surface area contributed by atoms with Gasteiger partial charge in [-0.05, 0) is 35.4 Å². The maximum atomic E-state index is 12.4. The van der Waals surface area contributed by atoms with Gasteiger partial charge in [0.2, 0.25) is 0 Å². The number of nitrogens with one attached hydrogen (secondary N) is 2. The minimum atomic E-state index is -0.0991. The number of aromatic nitrogens is 5. The second-order valence-corrected chi connectivity index (χ2v) is 6.80. The van der Waals surface area contributed by atoms with E-state index in [1.165, 1.54) is 6.33 Å². The first-order valence-corrected chi connectivity index (χ1v) is 9.31. The van der Waals surface area contributed by atoms with Crippen LogP contribution < -0.4 is 5.32 Å². The summed E-state index contributed by atoms with van der Waals surface area (Å²) in [7, 11) is 0. The molecule has 0 atom stereocenters. The van der Waals surface area contributed by atoms with Gasteiger partial charge in [-0.2, -0.15) is 5.10 Å². The van der Waals surface area contributed by atoms with Crippen LogP contribution >= 0.6 is 11.8 Å². The number of pyridine rings is 1. The molecule has 3 aromatic heterocycles. The van der Waals surface area contributed by atoms with E-state index in [1.807, 2.05) is 36.4 Å². The molecule has 0 saturated heterocycles. The van der Waals surface area contributed by atoms with Crippen molar-refractivity contribution in [3.05, 3.63) is 78.0 Å². The highest BCUT2D eigenvalue weighted by atomic mass is 32.2. The first-order valence-electron chi connectivity index (χ1n) is 8.32. The lowest BCUT2D eigenvalue weighted by atomic mass is 10.1. The van der Waals surface area contributed by atoms with Crippen LogP contribution in [-0.4, -0.2) is 31.1 Å². The molecule has 0 aliphatic carbocycles. The topological polar surface area (TPSA) is 96.5 Å². The SMILES string of the molecule is O=C(NCc1ccncc1)c1cccc(CSc2ncnc3[nH]ncc23)c1. The summed E-state index contributed by atoms with van der Waals surface area (Å²) < 4.78 is 0. The number of carbonyl (C=O) groups excluding carboxylic acids is 1. The van der Waals surface area contributed by atoms with Crippen LogP contribution in [0.2, 0.25) is 0 Å². The quantitative estimate of drug-likeness (QED) is 0.397. The van der Waals surface area contributed by atoms with Crippen LogP contribution in [0.15, 0.2) is 66.3 Å². The maximum absolute atomic E-state index is 12.4. The molecule has 0 aliphatic rings. The van der Waals surface area contributed by atoms with Gasteiger partial charge in [-0.3, -0.25) is 14.9 Å². The van der Waals surface area contributed by atoms with Crippen molar-refractivity contribution in [1.29, 1.82) is 0 Å². The van der Waals surface area contributed by atoms with Gasteiger partial charge in [-0.25, -0.2) is 9.97 Å². The number of benzene rings is 1. The highest BCUT2D eigenvalue weighted by molar-refractivity contribution is 7.98. The number of hydrogen-bond acceptors (Lipinski definition) is 6. The van der Waals surface area contributed by atoms with E-state index in [1.54, 1.807) is 30.4 Å². The number of rotatable bonds is 6. The Morgan fingerprint density at radius 3 is 2.89 bits per heavy atom. The van der Waals surface area contributed by atoms with Gasteiger partial charge in [-0.1, -0.05) is 12.1 Å². The Balaban J connectivity index is 1.41. The minimum absolute atomic E-state index is 0.0991. The van der Waals surface area contributed by atoms with Gasteiger partial charge in [0.15, 0.2) is 5.65 Å². The Kier molecular flexibility index (Phi) is 5.06. The molecule has 134 valence electrons. The van der Waals surface area contributed by atoms with Crippen LogP contribution in [0.25, 0.3) is 11.0 Å². The molecule has 1 aromatic carbocycles. The number of H-pyrrole nitrogens is 1. The monoisotopic (exact) mass is 376 g/mol. The first-order chi connectivity index (χ1) is 13.3. The van der Waals surface area contributed by atoms with Crippen molar-refractivity contribution in [3.8, 4) is 0 Å². The van der Waals surface area contributed by atoms with Crippen LogP contribution in [-0.2, 0) is 12.3 Å². The lowest BCUT2D eigenvalue weighted by molar-refractivity contribution is 0.0951. The number of amides is 1. The molecule has 4 rings (SSSR count). The lowest BCUT2D eigenvalue weighted by Crippen LogP contribution is -2.22. The second-order valence-electron chi connectivity index (χ2n) is 5.84. The minimum Gasteiger partial charge on any atom is -0.348 e. The average Bonchev–Trinajstić information content (AvgIpc) is 3.21. The molecule has 0 aliphatic heterocycles. The summed E-state index contributed by atoms with van der Waals surface area (Å²) in [4.78, 5) is 24.9. The summed E-state index contributed by atoms with van der Waals surface area (Å²) in [5.41, 5.74) is 3.42. The summed E-state index contributed by atoms with van der Waals surface area (Å²) >= 11 is 1.59. The summed E-state index contributed by atoms with van der Waals surface area (Å²) in [6.45, 7) is 0.472. The van der Waals surface area contributed by atoms with E-state index in [0.29, 0.717) is 17.9 Å². The molecular formula is C19H16N6OS. The predicted octanol–water partition coefficient (Wildman–Crippen LogP) is 2.97. The van der Waals surface area contributed by atoms with Crippen molar-refractivity contribution >= 4 is 28.7 Å². The molecule has 3 heterocycles. The third kappa shape index (κ3) is 4.12. The third-order valence-corrected chi connectivity index (χ3v) is 5.06. The summed E-state index contributed by atoms with van der Waals surface area (Å²) in [5.74, 6) is 0.598. The van der Waals surface area contributed by atoms with Crippen molar-refractivity contribution in [1.82, 2.24) is 30.5 Å². The van der Waals surface area contributed by atoms with Crippen LogP contribution in [0, 0.1) is 0 Å². The van der Waals surface area contributed by atoms with Gasteiger partial charge in [0, 0.05) is 30.3 Å². The van der Waals surface area contributed by atoms with E-state index in [0.717, 1.165) is 27.2 Å². The Morgan fingerprint density at radius 1 is 1.11 bits per heavy atom. The molecule has 4 aromatic rings. The fourth-order valence-electron chi connectivity index (χ4n) is 2.60. The molecule has 0 saturated carbocycles. The van der Waals surface area contributed by atoms with E-state index in [2.05, 4.69) is 30.5 Å². The smallest absolute Gasteiger partial charge is 0.251 e. The largest absolute Gasteiger partial charge is 0.348 e.